The molecule has 1 amide bonds. The van der Waals surface area contributed by atoms with Crippen LogP contribution in [0, 0.1) is 0 Å². The van der Waals surface area contributed by atoms with Gasteiger partial charge in [0, 0.05) is 18.6 Å². The van der Waals surface area contributed by atoms with Gasteiger partial charge in [-0.15, -0.1) is 0 Å². The second kappa shape index (κ2) is 5.66. The summed E-state index contributed by atoms with van der Waals surface area (Å²) in [6, 6.07) is 1.54. The topological polar surface area (TPSA) is 64.1 Å². The van der Waals surface area contributed by atoms with Crippen LogP contribution in [0.1, 0.15) is 10.5 Å². The van der Waals surface area contributed by atoms with Crippen LogP contribution in [0.15, 0.2) is 18.6 Å². The molecule has 0 bridgehead atoms. The van der Waals surface area contributed by atoms with Gasteiger partial charge in [0.25, 0.3) is 5.91 Å². The second-order valence-electron chi connectivity index (χ2n) is 2.45. The van der Waals surface area contributed by atoms with Crippen LogP contribution < -0.4 is 5.32 Å². The molecule has 5 nitrogen and oxygen atoms in total. The molecule has 1 unspecified atom stereocenters. The number of alkyl halides is 1. The molecular formula is C8H10BrN3O2. The average molecular weight is 260 g/mol. The lowest BCUT2D eigenvalue weighted by molar-refractivity contribution is 0.0675. The number of halogens is 1. The first-order valence-electron chi connectivity index (χ1n) is 3.93. The van der Waals surface area contributed by atoms with Crippen LogP contribution in [0.4, 0.5) is 0 Å². The van der Waals surface area contributed by atoms with Gasteiger partial charge in [-0.05, 0) is 6.07 Å². The molecule has 0 aromatic carbocycles. The molecule has 0 spiro atoms. The molecule has 1 atom stereocenters. The first-order chi connectivity index (χ1) is 6.77. The Bertz CT molecular complexity index is 290. The first-order valence-corrected chi connectivity index (χ1v) is 5.05. The number of rotatable bonds is 4. The predicted molar refractivity (Wildman–Crippen MR) is 54.1 cm³/mol. The zero-order valence-corrected chi connectivity index (χ0v) is 9.19. The molecule has 6 heteroatoms. The lowest BCUT2D eigenvalue weighted by Gasteiger charge is -2.13. The standard InChI is InChI=1S/C8H10BrN3O2/c1-14-7(4-9)12-8(13)6-2-3-10-5-11-6/h2-3,5,7H,4H2,1H3,(H,12,13). The highest BCUT2D eigenvalue weighted by Crippen LogP contribution is 1.95. The molecule has 1 heterocycles. The number of nitrogens with one attached hydrogen (secondary N) is 1. The molecule has 1 N–H and O–H groups in total. The van der Waals surface area contributed by atoms with Gasteiger partial charge in [-0.3, -0.25) is 4.79 Å². The minimum Gasteiger partial charge on any atom is -0.361 e. The number of hydrogen-bond donors (Lipinski definition) is 1. The summed E-state index contributed by atoms with van der Waals surface area (Å²) in [5.74, 6) is -0.279. The Balaban J connectivity index is 2.59. The van der Waals surface area contributed by atoms with E-state index in [1.807, 2.05) is 0 Å². The number of carbonyl (C=O) groups excluding carboxylic acids is 1. The summed E-state index contributed by atoms with van der Waals surface area (Å²) in [5, 5.41) is 3.16. The molecule has 0 saturated carbocycles. The predicted octanol–water partition coefficient (Wildman–Crippen LogP) is 0.574. The number of carbonyl (C=O) groups is 1. The van der Waals surface area contributed by atoms with E-state index in [0.29, 0.717) is 11.0 Å². The van der Waals surface area contributed by atoms with E-state index in [4.69, 9.17) is 4.74 Å². The van der Waals surface area contributed by atoms with Crippen molar-refractivity contribution in [1.82, 2.24) is 15.3 Å². The van der Waals surface area contributed by atoms with E-state index in [0.717, 1.165) is 0 Å². The maximum absolute atomic E-state index is 11.5. The van der Waals surface area contributed by atoms with E-state index in [1.165, 1.54) is 25.7 Å². The first kappa shape index (κ1) is 11.1. The SMILES string of the molecule is COC(CBr)NC(=O)c1ccncn1. The number of hydrogen-bond acceptors (Lipinski definition) is 4. The van der Waals surface area contributed by atoms with Gasteiger partial charge in [-0.2, -0.15) is 0 Å². The van der Waals surface area contributed by atoms with Gasteiger partial charge < -0.3 is 10.1 Å². The molecule has 0 aliphatic rings. The van der Waals surface area contributed by atoms with Crippen LogP contribution >= 0.6 is 15.9 Å². The Hall–Kier alpha value is -1.01. The number of amides is 1. The molecule has 14 heavy (non-hydrogen) atoms. The Morgan fingerprint density at radius 3 is 3.07 bits per heavy atom. The van der Waals surface area contributed by atoms with E-state index < -0.39 is 0 Å². The largest absolute Gasteiger partial charge is 0.361 e. The minimum atomic E-state index is -0.350. The number of ether oxygens (including phenoxy) is 1. The van der Waals surface area contributed by atoms with Gasteiger partial charge >= 0.3 is 0 Å². The van der Waals surface area contributed by atoms with Crippen molar-refractivity contribution in [3.05, 3.63) is 24.3 Å². The molecule has 1 aromatic heterocycles. The fourth-order valence-electron chi connectivity index (χ4n) is 0.806. The van der Waals surface area contributed by atoms with Crippen molar-refractivity contribution in [2.24, 2.45) is 0 Å². The highest BCUT2D eigenvalue weighted by molar-refractivity contribution is 9.09. The highest BCUT2D eigenvalue weighted by atomic mass is 79.9. The van der Waals surface area contributed by atoms with Gasteiger partial charge in [0.05, 0.1) is 0 Å². The van der Waals surface area contributed by atoms with Crippen LogP contribution in [0.3, 0.4) is 0 Å². The number of nitrogens with zero attached hydrogens (tertiary/aromatic N) is 2. The quantitative estimate of drug-likeness (QED) is 0.635. The number of aromatic nitrogens is 2. The zero-order valence-electron chi connectivity index (χ0n) is 7.61. The number of methoxy groups -OCH3 is 1. The van der Waals surface area contributed by atoms with Gasteiger partial charge in [0.15, 0.2) is 0 Å². The molecule has 76 valence electrons. The Labute approximate surface area is 90.0 Å². The molecule has 0 aliphatic heterocycles. The highest BCUT2D eigenvalue weighted by Gasteiger charge is 2.11. The van der Waals surface area contributed by atoms with E-state index in [2.05, 4.69) is 31.2 Å². The summed E-state index contributed by atoms with van der Waals surface area (Å²) >= 11 is 3.20. The van der Waals surface area contributed by atoms with Crippen molar-refractivity contribution in [1.29, 1.82) is 0 Å². The van der Waals surface area contributed by atoms with E-state index >= 15 is 0 Å². The molecular weight excluding hydrogens is 250 g/mol. The van der Waals surface area contributed by atoms with Crippen molar-refractivity contribution in [3.63, 3.8) is 0 Å². The lowest BCUT2D eigenvalue weighted by Crippen LogP contribution is -2.37. The summed E-state index contributed by atoms with van der Waals surface area (Å²) in [4.78, 5) is 19.0. The van der Waals surface area contributed by atoms with E-state index in [-0.39, 0.29) is 12.1 Å². The normalized spacial score (nSPS) is 12.1. The molecule has 0 fully saturated rings. The fraction of sp³-hybridized carbons (Fsp3) is 0.375. The van der Waals surface area contributed by atoms with Crippen molar-refractivity contribution < 1.29 is 9.53 Å². The van der Waals surface area contributed by atoms with Crippen LogP contribution in [0.25, 0.3) is 0 Å². The summed E-state index contributed by atoms with van der Waals surface area (Å²) in [6.07, 6.45) is 2.49. The summed E-state index contributed by atoms with van der Waals surface area (Å²) in [7, 11) is 1.52. The van der Waals surface area contributed by atoms with Crippen molar-refractivity contribution >= 4 is 21.8 Å². The molecule has 0 aliphatic carbocycles. The third-order valence-corrected chi connectivity index (χ3v) is 2.12. The lowest BCUT2D eigenvalue weighted by atomic mass is 10.4. The minimum absolute atomic E-state index is 0.279. The van der Waals surface area contributed by atoms with E-state index in [1.54, 1.807) is 0 Å². The monoisotopic (exact) mass is 259 g/mol. The second-order valence-corrected chi connectivity index (χ2v) is 3.09. The Morgan fingerprint density at radius 2 is 2.57 bits per heavy atom. The van der Waals surface area contributed by atoms with Crippen molar-refractivity contribution in [2.75, 3.05) is 12.4 Å². The average Bonchev–Trinajstić information content (AvgIpc) is 2.26. The van der Waals surface area contributed by atoms with Crippen molar-refractivity contribution in [2.45, 2.75) is 6.23 Å². The molecule has 1 aromatic rings. The maximum atomic E-state index is 11.5. The van der Waals surface area contributed by atoms with Gasteiger partial charge in [-0.1, -0.05) is 15.9 Å². The molecule has 0 radical (unpaired) electrons. The van der Waals surface area contributed by atoms with Crippen LogP contribution in [0.2, 0.25) is 0 Å². The third-order valence-electron chi connectivity index (χ3n) is 1.53. The van der Waals surface area contributed by atoms with Gasteiger partial charge in [0.2, 0.25) is 0 Å². The zero-order chi connectivity index (χ0) is 10.4. The van der Waals surface area contributed by atoms with Crippen LogP contribution in [-0.2, 0) is 4.74 Å². The fourth-order valence-corrected chi connectivity index (χ4v) is 1.23. The van der Waals surface area contributed by atoms with Crippen LogP contribution in [-0.4, -0.2) is 34.5 Å². The summed E-state index contributed by atoms with van der Waals surface area (Å²) < 4.78 is 4.97. The van der Waals surface area contributed by atoms with Crippen molar-refractivity contribution in [3.8, 4) is 0 Å². The smallest absolute Gasteiger partial charge is 0.272 e. The maximum Gasteiger partial charge on any atom is 0.272 e. The van der Waals surface area contributed by atoms with Gasteiger partial charge in [-0.25, -0.2) is 9.97 Å². The molecule has 1 rings (SSSR count). The third kappa shape index (κ3) is 3.04. The van der Waals surface area contributed by atoms with Gasteiger partial charge in [0.1, 0.15) is 18.2 Å². The molecule has 0 saturated heterocycles. The van der Waals surface area contributed by atoms with E-state index in [9.17, 15) is 4.79 Å². The Morgan fingerprint density at radius 1 is 1.79 bits per heavy atom. The Kier molecular flexibility index (Phi) is 4.48. The van der Waals surface area contributed by atoms with Crippen LogP contribution in [0.5, 0.6) is 0 Å². The summed E-state index contributed by atoms with van der Waals surface area (Å²) in [5.41, 5.74) is 0.322. The summed E-state index contributed by atoms with van der Waals surface area (Å²) in [6.45, 7) is 0.